The summed E-state index contributed by atoms with van der Waals surface area (Å²) in [5, 5.41) is 16.8. The third-order valence-corrected chi connectivity index (χ3v) is 21.8. The summed E-state index contributed by atoms with van der Waals surface area (Å²) in [4.78, 5) is 52.0. The van der Waals surface area contributed by atoms with Gasteiger partial charge in [-0.15, -0.1) is 0 Å². The summed E-state index contributed by atoms with van der Waals surface area (Å²) >= 11 is 0. The monoisotopic (exact) mass is 1240 g/mol. The number of piperidine rings is 1. The summed E-state index contributed by atoms with van der Waals surface area (Å²) in [5.41, 5.74) is 6.44. The highest BCUT2D eigenvalue weighted by molar-refractivity contribution is 7.90. The number of nitro benzene ring substituents is 1. The molecule has 1 spiro atoms. The summed E-state index contributed by atoms with van der Waals surface area (Å²) in [6, 6.07) is 23.4. The van der Waals surface area contributed by atoms with E-state index < -0.39 is 37.5 Å². The molecule has 1 saturated carbocycles. The second-order valence-electron chi connectivity index (χ2n) is 26.2. The van der Waals surface area contributed by atoms with Crippen LogP contribution in [0.25, 0.3) is 11.0 Å². The molecule has 23 heteroatoms. The van der Waals surface area contributed by atoms with Gasteiger partial charge in [-0.05, 0) is 129 Å². The number of piperazine rings is 1. The third kappa shape index (κ3) is 11.3. The number of methoxy groups -OCH3 is 1. The van der Waals surface area contributed by atoms with E-state index in [4.69, 9.17) is 38.4 Å². The number of H-pyrrole nitrogens is 1. The Morgan fingerprint density at radius 3 is 2.47 bits per heavy atom. The maximum Gasteiger partial charge on any atom is 0.297 e. The summed E-state index contributed by atoms with van der Waals surface area (Å²) in [7, 11) is -2.98. The predicted octanol–water partition coefficient (Wildman–Crippen LogP) is 9.32. The zero-order valence-corrected chi connectivity index (χ0v) is 52.2. The van der Waals surface area contributed by atoms with E-state index in [-0.39, 0.29) is 71.8 Å². The highest BCUT2D eigenvalue weighted by atomic mass is 32.2. The van der Waals surface area contributed by atoms with Gasteiger partial charge in [-0.2, -0.15) is 4.98 Å². The minimum atomic E-state index is -4.72. The van der Waals surface area contributed by atoms with Gasteiger partial charge in [0.2, 0.25) is 5.88 Å². The number of nitrogens with zero attached hydrogens (tertiary/aromatic N) is 8. The number of nitrogens with one attached hydrogen (secondary N) is 3. The molecule has 5 saturated heterocycles. The van der Waals surface area contributed by atoms with Crippen LogP contribution in [-0.2, 0) is 24.2 Å². The van der Waals surface area contributed by atoms with Crippen molar-refractivity contribution in [3.63, 3.8) is 0 Å². The summed E-state index contributed by atoms with van der Waals surface area (Å²) in [5.74, 6) is 1.65. The lowest BCUT2D eigenvalue weighted by Crippen LogP contribution is -2.60. The van der Waals surface area contributed by atoms with Crippen LogP contribution in [-0.4, -0.2) is 167 Å². The summed E-state index contributed by atoms with van der Waals surface area (Å²) in [6.45, 7) is 17.6. The van der Waals surface area contributed by atoms with Crippen molar-refractivity contribution >= 4 is 61.2 Å². The molecule has 8 aliphatic rings. The molecule has 3 aromatic heterocycles. The zero-order chi connectivity index (χ0) is 61.3. The Bertz CT molecular complexity index is 3750. The van der Waals surface area contributed by atoms with Crippen molar-refractivity contribution in [1.82, 2.24) is 29.5 Å². The number of sulfonamides is 1. The number of aromatic nitrogens is 3. The zero-order valence-electron chi connectivity index (χ0n) is 51.4. The topological polar surface area (TPSA) is 232 Å². The van der Waals surface area contributed by atoms with Crippen molar-refractivity contribution < 1.29 is 46.6 Å². The van der Waals surface area contributed by atoms with E-state index >= 15 is 4.79 Å². The molecular formula is C66H81N11O11S. The number of carbonyl (C=O) groups is 1. The molecule has 6 fully saturated rings. The fraction of sp³-hybridized carbons (Fsp3) is 0.530. The highest BCUT2D eigenvalue weighted by Gasteiger charge is 2.51. The van der Waals surface area contributed by atoms with Gasteiger partial charge in [0.15, 0.2) is 23.0 Å². The predicted molar refractivity (Wildman–Crippen MR) is 338 cm³/mol. The van der Waals surface area contributed by atoms with Gasteiger partial charge < -0.3 is 53.4 Å². The lowest BCUT2D eigenvalue weighted by atomic mass is 9.59. The number of anilines is 5. The number of pyridine rings is 2. The van der Waals surface area contributed by atoms with Crippen molar-refractivity contribution in [3.05, 3.63) is 118 Å². The first-order valence-electron chi connectivity index (χ1n) is 31.8. The van der Waals surface area contributed by atoms with E-state index in [2.05, 4.69) is 104 Å². The van der Waals surface area contributed by atoms with Crippen LogP contribution in [0.15, 0.2) is 90.1 Å². The number of hydrogen-bond donors (Lipinski definition) is 3. The number of rotatable bonds is 14. The molecule has 0 unspecified atom stereocenters. The first-order valence-corrected chi connectivity index (χ1v) is 33.3. The van der Waals surface area contributed by atoms with Crippen molar-refractivity contribution in [2.75, 3.05) is 113 Å². The van der Waals surface area contributed by atoms with Crippen LogP contribution < -0.4 is 38.9 Å². The molecular weight excluding hydrogens is 1150 g/mol. The van der Waals surface area contributed by atoms with Gasteiger partial charge in [0.25, 0.3) is 21.6 Å². The molecule has 1 amide bonds. The Labute approximate surface area is 519 Å². The molecule has 0 radical (unpaired) electrons. The van der Waals surface area contributed by atoms with Crippen LogP contribution in [0.5, 0.6) is 17.4 Å². The van der Waals surface area contributed by atoms with Gasteiger partial charge >= 0.3 is 0 Å². The fourth-order valence-corrected chi connectivity index (χ4v) is 16.8. The molecule has 3 aromatic carbocycles. The van der Waals surface area contributed by atoms with Gasteiger partial charge in [-0.3, -0.25) is 24.7 Å². The lowest BCUT2D eigenvalue weighted by Gasteiger charge is -2.59. The Morgan fingerprint density at radius 2 is 1.70 bits per heavy atom. The lowest BCUT2D eigenvalue weighted by molar-refractivity contribution is -0.384. The number of carbonyl (C=O) groups excluding carboxylic acids is 1. The largest absolute Gasteiger partial charge is 0.493 e. The normalized spacial score (nSPS) is 24.6. The second-order valence-corrected chi connectivity index (χ2v) is 27.8. The van der Waals surface area contributed by atoms with Crippen molar-refractivity contribution in [2.24, 2.45) is 17.3 Å². The second kappa shape index (κ2) is 24.2. The van der Waals surface area contributed by atoms with E-state index in [0.29, 0.717) is 74.3 Å². The molecule has 6 atom stereocenters. The van der Waals surface area contributed by atoms with Gasteiger partial charge in [0, 0.05) is 113 Å². The van der Waals surface area contributed by atoms with Crippen LogP contribution in [0.3, 0.4) is 0 Å². The van der Waals surface area contributed by atoms with E-state index in [9.17, 15) is 18.5 Å². The summed E-state index contributed by atoms with van der Waals surface area (Å²) in [6.07, 6.45) is 9.75. The Hall–Kier alpha value is -7.28. The van der Waals surface area contributed by atoms with Gasteiger partial charge in [-0.25, -0.2) is 18.1 Å². The Kier molecular flexibility index (Phi) is 16.1. The van der Waals surface area contributed by atoms with E-state index in [1.54, 1.807) is 13.2 Å². The highest BCUT2D eigenvalue weighted by Crippen LogP contribution is 2.55. The summed E-state index contributed by atoms with van der Waals surface area (Å²) < 4.78 is 67.4. The molecule has 0 bridgehead atoms. The van der Waals surface area contributed by atoms with Crippen LogP contribution in [0.4, 0.5) is 34.3 Å². The van der Waals surface area contributed by atoms with Crippen molar-refractivity contribution in [3.8, 4) is 17.4 Å². The van der Waals surface area contributed by atoms with Crippen LogP contribution in [0.1, 0.15) is 105 Å². The molecule has 6 aromatic rings. The number of hydrogen-bond acceptors (Lipinski definition) is 19. The minimum absolute atomic E-state index is 0.0252. The molecule has 10 heterocycles. The molecule has 89 heavy (non-hydrogen) atoms. The first kappa shape index (κ1) is 59.3. The number of aryl methyl sites for hydroxylation is 1. The van der Waals surface area contributed by atoms with E-state index in [1.807, 2.05) is 30.5 Å². The fourth-order valence-electron chi connectivity index (χ4n) is 15.8. The number of aromatic amines is 1. The minimum Gasteiger partial charge on any atom is -0.493 e. The number of morpholine rings is 1. The smallest absolute Gasteiger partial charge is 0.297 e. The Balaban J connectivity index is 0.721. The molecule has 7 aliphatic heterocycles. The molecule has 1 aliphatic carbocycles. The van der Waals surface area contributed by atoms with Crippen LogP contribution in [0.2, 0.25) is 0 Å². The van der Waals surface area contributed by atoms with E-state index in [1.165, 1.54) is 22.8 Å². The number of amides is 1. The Morgan fingerprint density at radius 1 is 0.899 bits per heavy atom. The number of nitro groups is 1. The maximum atomic E-state index is 15.0. The number of fused-ring (bicyclic) bond motifs is 4. The van der Waals surface area contributed by atoms with Crippen LogP contribution in [0, 0.1) is 34.3 Å². The van der Waals surface area contributed by atoms with Crippen molar-refractivity contribution in [2.45, 2.75) is 120 Å². The quantitative estimate of drug-likeness (QED) is 0.0681. The van der Waals surface area contributed by atoms with Gasteiger partial charge in [0.05, 0.1) is 66.1 Å². The van der Waals surface area contributed by atoms with Crippen LogP contribution >= 0.6 is 0 Å². The third-order valence-electron chi connectivity index (χ3n) is 20.5. The van der Waals surface area contributed by atoms with E-state index in [0.717, 1.165) is 107 Å². The molecule has 3 N–H and O–H groups in total. The standard InChI is InChI=1S/C66H81N11O11S/c1-40(2)61(45-29-58(83-5)63(68-35-45)74-23-27-86-37-42(74)4)73-21-22-75(56(36-73)49-9-7-6-8-41(49)3)47-33-66(34-47)16-19-72(20-17-66)46-10-11-50(53(30-46)76-52-15-26-85-39-59(52)88-65-55(76)28-44-12-18-67-62(44)70-65)64(78)71-89(81,82)48-31-54(77(79)80)60-57(32-48)87-38-51(69-60)43-13-24-84-25-14-43/h6-12,18,28-32,35,40,42-43,47,51-52,56,59,61,69H,13-17,19-27,33-34,36-39H2,1-5H3,(H,67,70)(H,71,78)/t42-,51-,52-,56-,59-,61-/m0/s1. The molecule has 14 rings (SSSR count). The van der Waals surface area contributed by atoms with Crippen molar-refractivity contribution in [1.29, 1.82) is 0 Å². The van der Waals surface area contributed by atoms with Gasteiger partial charge in [0.1, 0.15) is 24.0 Å². The number of ether oxygens (including phenoxy) is 6. The number of benzene rings is 3. The molecule has 22 nitrogen and oxygen atoms in total. The maximum absolute atomic E-state index is 15.0. The first-order chi connectivity index (χ1) is 43.1. The average Bonchev–Trinajstić information content (AvgIpc) is 1.34. The molecule has 472 valence electrons. The SMILES string of the molecule is COc1cc([C@H](C(C)C)N2CCN(C3CC4(CCN(c5ccc(C(=O)NS(=O)(=O)c6cc7c(c([N+](=O)[O-])c6)N[C@H](C6CCOCC6)CO7)c(N6c7cc8cc[nH]c8nc7O[C@H]7COCC[C@@H]76)c5)CC4)C3)[C@H](c3ccccc3C)C2)cnc1N1CCOC[C@@H]1C. The van der Waals surface area contributed by atoms with Gasteiger partial charge in [-0.1, -0.05) is 38.1 Å². The average molecular weight is 1240 g/mol.